The van der Waals surface area contributed by atoms with Crippen molar-refractivity contribution in [3.63, 3.8) is 0 Å². The number of hydrogen-bond acceptors (Lipinski definition) is 6. The van der Waals surface area contributed by atoms with Crippen molar-refractivity contribution in [1.82, 2.24) is 9.88 Å². The van der Waals surface area contributed by atoms with E-state index < -0.39 is 0 Å². The average molecular weight is 439 g/mol. The van der Waals surface area contributed by atoms with E-state index in [9.17, 15) is 9.59 Å². The second kappa shape index (κ2) is 9.45. The van der Waals surface area contributed by atoms with Gasteiger partial charge in [0.2, 0.25) is 0 Å². The van der Waals surface area contributed by atoms with Gasteiger partial charge in [0.15, 0.2) is 10.9 Å². The molecule has 2 aromatic heterocycles. The number of carbonyl (C=O) groups excluding carboxylic acids is 2. The molecule has 2 N–H and O–H groups in total. The first-order valence-corrected chi connectivity index (χ1v) is 11.3. The molecule has 1 fully saturated rings. The fourth-order valence-electron chi connectivity index (χ4n) is 3.76. The van der Waals surface area contributed by atoms with Crippen LogP contribution in [0.15, 0.2) is 46.4 Å². The predicted octanol–water partition coefficient (Wildman–Crippen LogP) is 4.78. The van der Waals surface area contributed by atoms with Crippen molar-refractivity contribution >= 4 is 34.0 Å². The molecule has 0 spiro atoms. The first-order valence-electron chi connectivity index (χ1n) is 10.4. The van der Waals surface area contributed by atoms with E-state index in [1.807, 2.05) is 12.3 Å². The molecule has 162 valence electrons. The van der Waals surface area contributed by atoms with Crippen LogP contribution in [0, 0.1) is 12.8 Å². The Balaban J connectivity index is 1.39. The van der Waals surface area contributed by atoms with Gasteiger partial charge in [-0.05, 0) is 62.1 Å². The summed E-state index contributed by atoms with van der Waals surface area (Å²) < 4.78 is 5.12. The van der Waals surface area contributed by atoms with Gasteiger partial charge in [0.05, 0.1) is 12.0 Å². The van der Waals surface area contributed by atoms with Gasteiger partial charge in [0.1, 0.15) is 0 Å². The maximum absolute atomic E-state index is 12.7. The van der Waals surface area contributed by atoms with E-state index in [2.05, 4.69) is 27.4 Å². The minimum absolute atomic E-state index is 0.215. The van der Waals surface area contributed by atoms with Gasteiger partial charge in [-0.2, -0.15) is 0 Å². The minimum Gasteiger partial charge on any atom is -0.459 e. The van der Waals surface area contributed by atoms with Crippen molar-refractivity contribution < 1.29 is 14.0 Å². The van der Waals surface area contributed by atoms with Crippen molar-refractivity contribution in [2.45, 2.75) is 33.2 Å². The number of likely N-dealkylation sites (tertiary alicyclic amines) is 1. The summed E-state index contributed by atoms with van der Waals surface area (Å²) in [6.45, 7) is 7.15. The van der Waals surface area contributed by atoms with Gasteiger partial charge in [0.25, 0.3) is 11.8 Å². The number of carbonyl (C=O) groups is 2. The van der Waals surface area contributed by atoms with Crippen molar-refractivity contribution in [3.05, 3.63) is 64.6 Å². The molecule has 0 radical (unpaired) electrons. The number of piperidine rings is 1. The van der Waals surface area contributed by atoms with Gasteiger partial charge in [-0.15, -0.1) is 11.3 Å². The number of aryl methyl sites for hydroxylation is 1. The third kappa shape index (κ3) is 5.39. The molecule has 2 amide bonds. The summed E-state index contributed by atoms with van der Waals surface area (Å²) in [4.78, 5) is 32.0. The van der Waals surface area contributed by atoms with E-state index in [1.54, 1.807) is 30.3 Å². The van der Waals surface area contributed by atoms with Gasteiger partial charge in [-0.3, -0.25) is 19.8 Å². The first-order chi connectivity index (χ1) is 15.0. The fraction of sp³-hybridized carbons (Fsp3) is 0.348. The Morgan fingerprint density at radius 3 is 2.90 bits per heavy atom. The molecule has 1 aliphatic rings. The highest BCUT2D eigenvalue weighted by Crippen LogP contribution is 2.23. The third-order valence-corrected chi connectivity index (χ3v) is 6.20. The topological polar surface area (TPSA) is 87.5 Å². The van der Waals surface area contributed by atoms with Crippen molar-refractivity contribution in [2.75, 3.05) is 23.7 Å². The van der Waals surface area contributed by atoms with E-state index in [0.717, 1.165) is 36.8 Å². The Hall–Kier alpha value is -2.97. The normalized spacial score (nSPS) is 16.8. The van der Waals surface area contributed by atoms with Gasteiger partial charge in [-0.25, -0.2) is 4.98 Å². The minimum atomic E-state index is -0.359. The van der Waals surface area contributed by atoms with Gasteiger partial charge < -0.3 is 9.73 Å². The largest absolute Gasteiger partial charge is 0.459 e. The predicted molar refractivity (Wildman–Crippen MR) is 122 cm³/mol. The van der Waals surface area contributed by atoms with Crippen LogP contribution in [0.4, 0.5) is 10.8 Å². The quantitative estimate of drug-likeness (QED) is 0.578. The summed E-state index contributed by atoms with van der Waals surface area (Å²) in [6.07, 6.45) is 3.95. The van der Waals surface area contributed by atoms with Crippen LogP contribution in [0.2, 0.25) is 0 Å². The fourth-order valence-corrected chi connectivity index (χ4v) is 4.45. The second-order valence-corrected chi connectivity index (χ2v) is 8.90. The molecule has 8 heteroatoms. The molecular weight excluding hydrogens is 412 g/mol. The molecule has 3 aromatic rings. The second-order valence-electron chi connectivity index (χ2n) is 8.04. The molecular formula is C23H26N4O3S. The maximum Gasteiger partial charge on any atom is 0.291 e. The summed E-state index contributed by atoms with van der Waals surface area (Å²) in [5, 5.41) is 8.24. The number of thiazole rings is 1. The van der Waals surface area contributed by atoms with Gasteiger partial charge >= 0.3 is 0 Å². The molecule has 0 aliphatic carbocycles. The Morgan fingerprint density at radius 2 is 2.13 bits per heavy atom. The van der Waals surface area contributed by atoms with E-state index in [1.165, 1.54) is 30.4 Å². The summed E-state index contributed by atoms with van der Waals surface area (Å²) in [7, 11) is 0. The Morgan fingerprint density at radius 1 is 1.26 bits per heavy atom. The zero-order chi connectivity index (χ0) is 21.8. The Labute approximate surface area is 185 Å². The van der Waals surface area contributed by atoms with Gasteiger partial charge in [0, 0.05) is 29.7 Å². The van der Waals surface area contributed by atoms with Crippen LogP contribution in [-0.2, 0) is 6.54 Å². The van der Waals surface area contributed by atoms with E-state index in [-0.39, 0.29) is 17.6 Å². The number of hydrogen-bond donors (Lipinski definition) is 2. The lowest BCUT2D eigenvalue weighted by atomic mass is 10.0. The van der Waals surface area contributed by atoms with Crippen molar-refractivity contribution in [3.8, 4) is 0 Å². The number of nitrogens with zero attached hydrogens (tertiary/aromatic N) is 2. The molecule has 1 aliphatic heterocycles. The lowest BCUT2D eigenvalue weighted by Gasteiger charge is -2.30. The summed E-state index contributed by atoms with van der Waals surface area (Å²) in [5.74, 6) is 0.312. The molecule has 31 heavy (non-hydrogen) atoms. The van der Waals surface area contributed by atoms with Crippen LogP contribution >= 0.6 is 11.3 Å². The number of anilines is 2. The number of rotatable bonds is 6. The smallest absolute Gasteiger partial charge is 0.291 e. The number of furan rings is 1. The average Bonchev–Trinajstić information content (AvgIpc) is 3.42. The highest BCUT2D eigenvalue weighted by molar-refractivity contribution is 7.14. The Kier molecular flexibility index (Phi) is 6.48. The van der Waals surface area contributed by atoms with E-state index >= 15 is 0 Å². The monoisotopic (exact) mass is 438 g/mol. The highest BCUT2D eigenvalue weighted by Gasteiger charge is 2.18. The van der Waals surface area contributed by atoms with Crippen LogP contribution < -0.4 is 10.6 Å². The molecule has 7 nitrogen and oxygen atoms in total. The summed E-state index contributed by atoms with van der Waals surface area (Å²) in [5.41, 5.74) is 2.84. The molecule has 0 bridgehead atoms. The van der Waals surface area contributed by atoms with Crippen LogP contribution in [0.3, 0.4) is 0 Å². The number of amides is 2. The lowest BCUT2D eigenvalue weighted by molar-refractivity contribution is 0.0993. The molecule has 3 heterocycles. The van der Waals surface area contributed by atoms with Crippen LogP contribution in [0.25, 0.3) is 0 Å². The van der Waals surface area contributed by atoms with Crippen LogP contribution in [0.1, 0.15) is 51.9 Å². The van der Waals surface area contributed by atoms with Crippen LogP contribution in [-0.4, -0.2) is 34.8 Å². The number of benzene rings is 1. The standard InChI is InChI=1S/C23H26N4O3S/c1-15-5-3-9-27(12-15)13-18-14-31-23(24-18)26-21(28)17-8-7-16(2)19(11-17)25-22(29)20-6-4-10-30-20/h4,6-8,10-11,14-15H,3,5,9,12-13H2,1-2H3,(H,25,29)(H,24,26,28)/t15-/m0/s1. The maximum atomic E-state index is 12.7. The lowest BCUT2D eigenvalue weighted by Crippen LogP contribution is -2.33. The van der Waals surface area contributed by atoms with Crippen molar-refractivity contribution in [2.24, 2.45) is 5.92 Å². The van der Waals surface area contributed by atoms with E-state index in [4.69, 9.17) is 4.42 Å². The first kappa shape index (κ1) is 21.3. The zero-order valence-corrected chi connectivity index (χ0v) is 18.5. The summed E-state index contributed by atoms with van der Waals surface area (Å²) in [6, 6.07) is 8.44. The van der Waals surface area contributed by atoms with E-state index in [0.29, 0.717) is 16.4 Å². The third-order valence-electron chi connectivity index (χ3n) is 5.39. The van der Waals surface area contributed by atoms with Gasteiger partial charge in [-0.1, -0.05) is 13.0 Å². The van der Waals surface area contributed by atoms with Crippen LogP contribution in [0.5, 0.6) is 0 Å². The number of aromatic nitrogens is 1. The zero-order valence-electron chi connectivity index (χ0n) is 17.7. The molecule has 1 aromatic carbocycles. The molecule has 0 unspecified atom stereocenters. The summed E-state index contributed by atoms with van der Waals surface area (Å²) >= 11 is 1.43. The SMILES string of the molecule is Cc1ccc(C(=O)Nc2nc(CN3CCC[C@H](C)C3)cs2)cc1NC(=O)c1ccco1. The number of nitrogens with one attached hydrogen (secondary N) is 2. The molecule has 1 atom stereocenters. The van der Waals surface area contributed by atoms with Crippen molar-refractivity contribution in [1.29, 1.82) is 0 Å². The highest BCUT2D eigenvalue weighted by atomic mass is 32.1. The molecule has 1 saturated heterocycles. The molecule has 0 saturated carbocycles. The molecule has 4 rings (SSSR count). The Bertz CT molecular complexity index is 1060.